The minimum Gasteiger partial charge on any atom is -0.326 e. The van der Waals surface area contributed by atoms with E-state index in [1.54, 1.807) is 11.8 Å². The molecule has 0 spiro atoms. The Morgan fingerprint density at radius 1 is 1.21 bits per heavy atom. The highest BCUT2D eigenvalue weighted by Gasteiger charge is 2.10. The molecule has 1 heterocycles. The van der Waals surface area contributed by atoms with Gasteiger partial charge in [0.2, 0.25) is 5.91 Å². The predicted molar refractivity (Wildman–Crippen MR) is 109 cm³/mol. The van der Waals surface area contributed by atoms with Crippen molar-refractivity contribution >= 4 is 29.0 Å². The minimum absolute atomic E-state index is 0.0858. The zero-order chi connectivity index (χ0) is 20.1. The van der Waals surface area contributed by atoms with Crippen molar-refractivity contribution in [1.29, 1.82) is 0 Å². The smallest absolute Gasteiger partial charge is 0.306 e. The van der Waals surface area contributed by atoms with Crippen LogP contribution in [0, 0.1) is 24.0 Å². The van der Waals surface area contributed by atoms with Crippen molar-refractivity contribution in [3.05, 3.63) is 76.1 Å². The van der Waals surface area contributed by atoms with Gasteiger partial charge in [-0.2, -0.15) is 5.10 Å². The maximum atomic E-state index is 12.1. The molecule has 1 N–H and O–H groups in total. The van der Waals surface area contributed by atoms with E-state index in [1.807, 2.05) is 24.3 Å². The number of rotatable bonds is 7. The number of aromatic nitrogens is 2. The van der Waals surface area contributed by atoms with E-state index in [4.69, 9.17) is 0 Å². The summed E-state index contributed by atoms with van der Waals surface area (Å²) in [7, 11) is 0. The van der Waals surface area contributed by atoms with Crippen LogP contribution in [-0.2, 0) is 11.3 Å². The second-order valence-electron chi connectivity index (χ2n) is 6.41. The standard InChI is InChI=1S/C20H20N4O3S/c1-14-3-8-19(15(2)11-14)28-18-6-4-16(5-7-18)22-20(25)9-10-23-13-17(12-21-23)24(26)27/h3-8,11-13H,9-10H2,1-2H3,(H,22,25). The number of carbonyl (C=O) groups is 1. The van der Waals surface area contributed by atoms with Gasteiger partial charge in [-0.05, 0) is 49.7 Å². The molecular weight excluding hydrogens is 376 g/mol. The van der Waals surface area contributed by atoms with Crippen LogP contribution in [0.5, 0.6) is 0 Å². The molecule has 0 aliphatic carbocycles. The maximum Gasteiger partial charge on any atom is 0.306 e. The summed E-state index contributed by atoms with van der Waals surface area (Å²) in [5, 5.41) is 17.3. The topological polar surface area (TPSA) is 90.1 Å². The predicted octanol–water partition coefficient (Wildman–Crippen LogP) is 4.59. The van der Waals surface area contributed by atoms with Crippen LogP contribution in [0.3, 0.4) is 0 Å². The van der Waals surface area contributed by atoms with Gasteiger partial charge in [0.25, 0.3) is 0 Å². The molecule has 0 saturated carbocycles. The third kappa shape index (κ3) is 5.20. The number of nitrogens with zero attached hydrogens (tertiary/aromatic N) is 3. The molecule has 0 saturated heterocycles. The summed E-state index contributed by atoms with van der Waals surface area (Å²) in [6.07, 6.45) is 2.66. The van der Waals surface area contributed by atoms with Crippen molar-refractivity contribution in [3.63, 3.8) is 0 Å². The largest absolute Gasteiger partial charge is 0.326 e. The third-order valence-electron chi connectivity index (χ3n) is 4.09. The first-order valence-corrected chi connectivity index (χ1v) is 9.54. The monoisotopic (exact) mass is 396 g/mol. The second kappa shape index (κ2) is 8.71. The van der Waals surface area contributed by atoms with Gasteiger partial charge in [-0.15, -0.1) is 0 Å². The second-order valence-corrected chi connectivity index (χ2v) is 7.53. The zero-order valence-electron chi connectivity index (χ0n) is 15.6. The van der Waals surface area contributed by atoms with Crippen molar-refractivity contribution in [2.45, 2.75) is 36.6 Å². The Balaban J connectivity index is 1.53. The molecule has 1 aromatic heterocycles. The average Bonchev–Trinajstić information content (AvgIpc) is 3.13. The Bertz CT molecular complexity index is 999. The van der Waals surface area contributed by atoms with Crippen molar-refractivity contribution < 1.29 is 9.72 Å². The molecule has 0 atom stereocenters. The van der Waals surface area contributed by atoms with E-state index in [0.29, 0.717) is 5.69 Å². The van der Waals surface area contributed by atoms with Gasteiger partial charge >= 0.3 is 5.69 Å². The fraction of sp³-hybridized carbons (Fsp3) is 0.200. The molecule has 0 fully saturated rings. The molecule has 0 bridgehead atoms. The van der Waals surface area contributed by atoms with E-state index >= 15 is 0 Å². The quantitative estimate of drug-likeness (QED) is 0.466. The zero-order valence-corrected chi connectivity index (χ0v) is 16.4. The molecule has 0 unspecified atom stereocenters. The first-order valence-electron chi connectivity index (χ1n) is 8.72. The Kier molecular flexibility index (Phi) is 6.10. The number of hydrogen-bond acceptors (Lipinski definition) is 5. The van der Waals surface area contributed by atoms with Gasteiger partial charge in [-0.25, -0.2) is 0 Å². The Morgan fingerprint density at radius 3 is 2.61 bits per heavy atom. The number of nitrogens with one attached hydrogen (secondary N) is 1. The number of hydrogen-bond donors (Lipinski definition) is 1. The minimum atomic E-state index is -0.513. The van der Waals surface area contributed by atoms with Crippen LogP contribution in [0.15, 0.2) is 64.6 Å². The molecule has 3 rings (SSSR count). The average molecular weight is 396 g/mol. The van der Waals surface area contributed by atoms with Crippen LogP contribution in [0.1, 0.15) is 17.5 Å². The first-order chi connectivity index (χ1) is 13.4. The summed E-state index contributed by atoms with van der Waals surface area (Å²) in [6, 6.07) is 14.0. The highest BCUT2D eigenvalue weighted by molar-refractivity contribution is 7.99. The molecule has 0 aliphatic heterocycles. The third-order valence-corrected chi connectivity index (χ3v) is 5.28. The Hall–Kier alpha value is -3.13. The summed E-state index contributed by atoms with van der Waals surface area (Å²) in [5.41, 5.74) is 3.10. The van der Waals surface area contributed by atoms with Gasteiger partial charge in [0, 0.05) is 28.4 Å². The van der Waals surface area contributed by atoms with Crippen molar-refractivity contribution in [2.24, 2.45) is 0 Å². The van der Waals surface area contributed by atoms with Crippen LogP contribution in [0.4, 0.5) is 11.4 Å². The Labute approximate surface area is 166 Å². The molecule has 8 heteroatoms. The van der Waals surface area contributed by atoms with E-state index in [9.17, 15) is 14.9 Å². The molecule has 144 valence electrons. The van der Waals surface area contributed by atoms with Crippen molar-refractivity contribution in [3.8, 4) is 0 Å². The van der Waals surface area contributed by atoms with E-state index in [-0.39, 0.29) is 24.6 Å². The van der Waals surface area contributed by atoms with Gasteiger partial charge in [0.1, 0.15) is 12.4 Å². The number of anilines is 1. The lowest BCUT2D eigenvalue weighted by atomic mass is 10.2. The number of aryl methyl sites for hydroxylation is 3. The van der Waals surface area contributed by atoms with Gasteiger partial charge in [-0.3, -0.25) is 19.6 Å². The van der Waals surface area contributed by atoms with Gasteiger partial charge in [-0.1, -0.05) is 29.5 Å². The van der Waals surface area contributed by atoms with Crippen LogP contribution >= 0.6 is 11.8 Å². The number of carbonyl (C=O) groups excluding carboxylic acids is 1. The molecule has 1 amide bonds. The lowest BCUT2D eigenvalue weighted by Gasteiger charge is -2.08. The fourth-order valence-electron chi connectivity index (χ4n) is 2.66. The number of nitro groups is 1. The van der Waals surface area contributed by atoms with Gasteiger partial charge in [0.15, 0.2) is 0 Å². The van der Waals surface area contributed by atoms with Crippen LogP contribution in [0.25, 0.3) is 0 Å². The highest BCUT2D eigenvalue weighted by atomic mass is 32.2. The SMILES string of the molecule is Cc1ccc(Sc2ccc(NC(=O)CCn3cc([N+](=O)[O-])cn3)cc2)c(C)c1. The molecular formula is C20H20N4O3S. The van der Waals surface area contributed by atoms with E-state index in [1.165, 1.54) is 33.1 Å². The van der Waals surface area contributed by atoms with E-state index < -0.39 is 4.92 Å². The summed E-state index contributed by atoms with van der Waals surface area (Å²) in [5.74, 6) is -0.173. The molecule has 7 nitrogen and oxygen atoms in total. The van der Waals surface area contributed by atoms with Crippen LogP contribution < -0.4 is 5.32 Å². The summed E-state index contributed by atoms with van der Waals surface area (Å²) in [4.78, 5) is 24.5. The molecule has 2 aromatic carbocycles. The number of benzene rings is 2. The van der Waals surface area contributed by atoms with E-state index in [0.717, 1.165) is 4.90 Å². The maximum absolute atomic E-state index is 12.1. The Morgan fingerprint density at radius 2 is 1.96 bits per heavy atom. The first kappa shape index (κ1) is 19.6. The molecule has 28 heavy (non-hydrogen) atoms. The van der Waals surface area contributed by atoms with Gasteiger partial charge < -0.3 is 5.32 Å². The molecule has 3 aromatic rings. The molecule has 0 radical (unpaired) electrons. The number of amides is 1. The molecule has 0 aliphatic rings. The van der Waals surface area contributed by atoms with Crippen molar-refractivity contribution in [1.82, 2.24) is 9.78 Å². The van der Waals surface area contributed by atoms with E-state index in [2.05, 4.69) is 42.5 Å². The summed E-state index contributed by atoms with van der Waals surface area (Å²) < 4.78 is 1.39. The summed E-state index contributed by atoms with van der Waals surface area (Å²) >= 11 is 1.68. The highest BCUT2D eigenvalue weighted by Crippen LogP contribution is 2.31. The normalized spacial score (nSPS) is 10.6. The van der Waals surface area contributed by atoms with Crippen LogP contribution in [0.2, 0.25) is 0 Å². The van der Waals surface area contributed by atoms with Gasteiger partial charge in [0.05, 0.1) is 4.92 Å². The summed E-state index contributed by atoms with van der Waals surface area (Å²) in [6.45, 7) is 4.45. The lowest BCUT2D eigenvalue weighted by Crippen LogP contribution is -2.14. The van der Waals surface area contributed by atoms with Crippen molar-refractivity contribution in [2.75, 3.05) is 5.32 Å². The lowest BCUT2D eigenvalue weighted by molar-refractivity contribution is -0.385. The van der Waals surface area contributed by atoms with Crippen LogP contribution in [-0.4, -0.2) is 20.6 Å². The fourth-order valence-corrected chi connectivity index (χ4v) is 3.54.